The summed E-state index contributed by atoms with van der Waals surface area (Å²) in [6.45, 7) is 2.27. The molecule has 2 atom stereocenters. The van der Waals surface area contributed by atoms with Crippen LogP contribution in [0.1, 0.15) is 22.8 Å². The molecule has 0 radical (unpaired) electrons. The van der Waals surface area contributed by atoms with Gasteiger partial charge in [0, 0.05) is 18.2 Å². The number of carboxylic acid groups (broad SMARTS) is 1. The fraction of sp³-hybridized carbons (Fsp3) is 0.500. The number of ether oxygens (including phenoxy) is 1. The van der Waals surface area contributed by atoms with Gasteiger partial charge in [0.2, 0.25) is 10.0 Å². The Morgan fingerprint density at radius 3 is 2.68 bits per heavy atom. The third-order valence-corrected chi connectivity index (χ3v) is 5.78. The summed E-state index contributed by atoms with van der Waals surface area (Å²) in [7, 11) is -3.39. The van der Waals surface area contributed by atoms with E-state index in [1.54, 1.807) is 18.2 Å². The molecular weight excluding hydrogens is 348 g/mol. The van der Waals surface area contributed by atoms with Crippen molar-refractivity contribution in [1.29, 1.82) is 0 Å². The minimum Gasteiger partial charge on any atom is -0.480 e. The summed E-state index contributed by atoms with van der Waals surface area (Å²) < 4.78 is 30.4. The van der Waals surface area contributed by atoms with Crippen LogP contribution in [0.3, 0.4) is 0 Å². The SMILES string of the molecule is C[C@H]1Cc2cc(C(=O)N3CCOC[C@H]3C(=O)O)ccc2N1S(C)(=O)=O. The van der Waals surface area contributed by atoms with Gasteiger partial charge >= 0.3 is 5.97 Å². The summed E-state index contributed by atoms with van der Waals surface area (Å²) in [6.07, 6.45) is 1.66. The van der Waals surface area contributed by atoms with Crippen molar-refractivity contribution in [2.24, 2.45) is 0 Å². The normalized spacial score (nSPS) is 23.4. The molecule has 2 aliphatic heterocycles. The van der Waals surface area contributed by atoms with Gasteiger partial charge in [0.05, 0.1) is 25.2 Å². The molecule has 1 N–H and O–H groups in total. The number of carbonyl (C=O) groups excluding carboxylic acids is 1. The highest BCUT2D eigenvalue weighted by molar-refractivity contribution is 7.92. The molecule has 9 heteroatoms. The maximum absolute atomic E-state index is 12.7. The average Bonchev–Trinajstić information content (AvgIpc) is 2.88. The van der Waals surface area contributed by atoms with E-state index in [2.05, 4.69) is 0 Å². The molecule has 0 bridgehead atoms. The summed E-state index contributed by atoms with van der Waals surface area (Å²) in [6, 6.07) is 3.59. The van der Waals surface area contributed by atoms with E-state index in [4.69, 9.17) is 4.74 Å². The number of morpholine rings is 1. The van der Waals surface area contributed by atoms with Crippen LogP contribution < -0.4 is 4.31 Å². The molecule has 2 heterocycles. The van der Waals surface area contributed by atoms with Crippen molar-refractivity contribution in [3.05, 3.63) is 29.3 Å². The van der Waals surface area contributed by atoms with Gasteiger partial charge in [-0.1, -0.05) is 0 Å². The van der Waals surface area contributed by atoms with Crippen LogP contribution in [-0.2, 0) is 26.0 Å². The molecule has 0 saturated carbocycles. The van der Waals surface area contributed by atoms with E-state index in [0.29, 0.717) is 24.3 Å². The number of carbonyl (C=O) groups is 2. The summed E-state index contributed by atoms with van der Waals surface area (Å²) in [5, 5.41) is 9.27. The molecule has 1 aromatic carbocycles. The van der Waals surface area contributed by atoms with E-state index in [1.807, 2.05) is 6.92 Å². The predicted molar refractivity (Wildman–Crippen MR) is 90.2 cm³/mol. The third-order valence-electron chi connectivity index (χ3n) is 4.51. The van der Waals surface area contributed by atoms with Crippen LogP contribution in [-0.4, -0.2) is 68.4 Å². The fourth-order valence-corrected chi connectivity index (χ4v) is 4.72. The molecule has 1 saturated heterocycles. The van der Waals surface area contributed by atoms with Gasteiger partial charge in [-0.25, -0.2) is 13.2 Å². The lowest BCUT2D eigenvalue weighted by atomic mass is 10.0. The van der Waals surface area contributed by atoms with Gasteiger partial charge in [-0.2, -0.15) is 0 Å². The highest BCUT2D eigenvalue weighted by Crippen LogP contribution is 2.35. The number of aliphatic carboxylic acids is 1. The molecular formula is C16H20N2O6S. The largest absolute Gasteiger partial charge is 0.480 e. The van der Waals surface area contributed by atoms with Crippen molar-refractivity contribution in [2.45, 2.75) is 25.4 Å². The lowest BCUT2D eigenvalue weighted by molar-refractivity contribution is -0.147. The van der Waals surface area contributed by atoms with Crippen molar-refractivity contribution in [2.75, 3.05) is 30.3 Å². The lowest BCUT2D eigenvalue weighted by Crippen LogP contribution is -2.52. The van der Waals surface area contributed by atoms with Crippen molar-refractivity contribution in [1.82, 2.24) is 4.90 Å². The fourth-order valence-electron chi connectivity index (χ4n) is 3.46. The zero-order chi connectivity index (χ0) is 18.4. The molecule has 2 aliphatic rings. The standard InChI is InChI=1S/C16H20N2O6S/c1-10-7-12-8-11(3-4-13(12)18(10)25(2,22)23)15(19)17-5-6-24-9-14(17)16(20)21/h3-4,8,10,14H,5-7,9H2,1-2H3,(H,20,21)/t10-,14-/m0/s1. The first-order valence-electron chi connectivity index (χ1n) is 7.94. The number of hydrogen-bond acceptors (Lipinski definition) is 5. The molecule has 0 spiro atoms. The second-order valence-electron chi connectivity index (χ2n) is 6.38. The molecule has 1 aromatic rings. The number of nitrogens with zero attached hydrogens (tertiary/aromatic N) is 2. The van der Waals surface area contributed by atoms with E-state index in [9.17, 15) is 23.1 Å². The maximum atomic E-state index is 12.7. The average molecular weight is 368 g/mol. The van der Waals surface area contributed by atoms with Crippen LogP contribution in [0.15, 0.2) is 18.2 Å². The van der Waals surface area contributed by atoms with Gasteiger partial charge in [-0.15, -0.1) is 0 Å². The van der Waals surface area contributed by atoms with Gasteiger partial charge < -0.3 is 14.7 Å². The first kappa shape index (κ1) is 17.7. The zero-order valence-electron chi connectivity index (χ0n) is 14.0. The van der Waals surface area contributed by atoms with E-state index < -0.39 is 22.0 Å². The molecule has 136 valence electrons. The molecule has 0 aromatic heterocycles. The Morgan fingerprint density at radius 2 is 2.04 bits per heavy atom. The minimum absolute atomic E-state index is 0.0368. The molecule has 0 aliphatic carbocycles. The number of benzene rings is 1. The Hall–Kier alpha value is -2.13. The Morgan fingerprint density at radius 1 is 1.32 bits per heavy atom. The monoisotopic (exact) mass is 368 g/mol. The van der Waals surface area contributed by atoms with Gasteiger partial charge in [0.25, 0.3) is 5.91 Å². The summed E-state index contributed by atoms with van der Waals surface area (Å²) >= 11 is 0. The van der Waals surface area contributed by atoms with E-state index in [-0.39, 0.29) is 25.1 Å². The number of carboxylic acids is 1. The van der Waals surface area contributed by atoms with Crippen molar-refractivity contribution >= 4 is 27.6 Å². The third kappa shape index (κ3) is 3.21. The number of rotatable bonds is 3. The molecule has 1 fully saturated rings. The number of amides is 1. The van der Waals surface area contributed by atoms with Crippen LogP contribution in [0.2, 0.25) is 0 Å². The smallest absolute Gasteiger partial charge is 0.328 e. The van der Waals surface area contributed by atoms with Crippen LogP contribution >= 0.6 is 0 Å². The van der Waals surface area contributed by atoms with E-state index in [1.165, 1.54) is 9.21 Å². The highest BCUT2D eigenvalue weighted by Gasteiger charge is 2.36. The van der Waals surface area contributed by atoms with Crippen LogP contribution in [0.4, 0.5) is 5.69 Å². The maximum Gasteiger partial charge on any atom is 0.328 e. The van der Waals surface area contributed by atoms with E-state index >= 15 is 0 Å². The summed E-state index contributed by atoms with van der Waals surface area (Å²) in [5.41, 5.74) is 1.70. The minimum atomic E-state index is -3.39. The second kappa shape index (κ2) is 6.30. The number of hydrogen-bond donors (Lipinski definition) is 1. The van der Waals surface area contributed by atoms with Crippen LogP contribution in [0, 0.1) is 0 Å². The van der Waals surface area contributed by atoms with Gasteiger partial charge in [0.1, 0.15) is 0 Å². The molecule has 1 amide bonds. The second-order valence-corrected chi connectivity index (χ2v) is 8.24. The molecule has 3 rings (SSSR count). The Bertz CT molecular complexity index is 822. The molecule has 25 heavy (non-hydrogen) atoms. The Kier molecular flexibility index (Phi) is 4.46. The number of sulfonamides is 1. The van der Waals surface area contributed by atoms with Crippen LogP contribution in [0.25, 0.3) is 0 Å². The first-order chi connectivity index (χ1) is 11.7. The van der Waals surface area contributed by atoms with Crippen molar-refractivity contribution in [3.63, 3.8) is 0 Å². The van der Waals surface area contributed by atoms with E-state index in [0.717, 1.165) is 11.8 Å². The zero-order valence-corrected chi connectivity index (χ0v) is 14.8. The first-order valence-corrected chi connectivity index (χ1v) is 9.79. The Balaban J connectivity index is 1.92. The van der Waals surface area contributed by atoms with Gasteiger partial charge in [-0.3, -0.25) is 9.10 Å². The molecule has 8 nitrogen and oxygen atoms in total. The number of fused-ring (bicyclic) bond motifs is 1. The Labute approximate surface area is 146 Å². The summed E-state index contributed by atoms with van der Waals surface area (Å²) in [4.78, 5) is 25.4. The van der Waals surface area contributed by atoms with Gasteiger partial charge in [0.15, 0.2) is 6.04 Å². The lowest BCUT2D eigenvalue weighted by Gasteiger charge is -2.33. The van der Waals surface area contributed by atoms with Crippen molar-refractivity contribution in [3.8, 4) is 0 Å². The summed E-state index contributed by atoms with van der Waals surface area (Å²) in [5.74, 6) is -1.49. The van der Waals surface area contributed by atoms with Gasteiger partial charge in [-0.05, 0) is 37.1 Å². The quantitative estimate of drug-likeness (QED) is 0.824. The van der Waals surface area contributed by atoms with Crippen LogP contribution in [0.5, 0.6) is 0 Å². The molecule has 0 unspecified atom stereocenters. The topological polar surface area (TPSA) is 104 Å². The predicted octanol–water partition coefficient (Wildman–Crippen LogP) is 0.323. The van der Waals surface area contributed by atoms with Crippen molar-refractivity contribution < 1.29 is 27.9 Å². The highest BCUT2D eigenvalue weighted by atomic mass is 32.2. The number of anilines is 1.